The number of nitro benzene ring substituents is 1. The smallest absolute Gasteiger partial charge is 0.269 e. The number of hydrogen-bond donors (Lipinski definition) is 1. The van der Waals surface area contributed by atoms with Crippen molar-refractivity contribution in [3.63, 3.8) is 0 Å². The van der Waals surface area contributed by atoms with Crippen LogP contribution in [0, 0.1) is 16.0 Å². The van der Waals surface area contributed by atoms with E-state index in [0.717, 1.165) is 12.0 Å². The number of nitro groups is 1. The topological polar surface area (TPSA) is 63.4 Å². The SMILES string of the molecule is CC[C@@H](C)[C@H](O)c1ccc([N+](=O)[O-])cc1. The molecule has 1 rings (SSSR count). The van der Waals surface area contributed by atoms with Gasteiger partial charge in [-0.1, -0.05) is 20.3 Å². The molecule has 4 nitrogen and oxygen atoms in total. The van der Waals surface area contributed by atoms with Crippen LogP contribution in [-0.2, 0) is 0 Å². The first-order valence-corrected chi connectivity index (χ1v) is 4.98. The first-order valence-electron chi connectivity index (χ1n) is 4.98. The molecule has 0 bridgehead atoms. The molecule has 1 aromatic rings. The monoisotopic (exact) mass is 209 g/mol. The van der Waals surface area contributed by atoms with Crippen molar-refractivity contribution in [2.24, 2.45) is 5.92 Å². The molecule has 0 aliphatic rings. The summed E-state index contributed by atoms with van der Waals surface area (Å²) in [5.41, 5.74) is 0.782. The first-order chi connectivity index (χ1) is 7.06. The lowest BCUT2D eigenvalue weighted by Crippen LogP contribution is -2.07. The number of aliphatic hydroxyl groups is 1. The molecule has 0 amide bonds. The van der Waals surface area contributed by atoms with Crippen LogP contribution in [0.4, 0.5) is 5.69 Å². The minimum atomic E-state index is -0.546. The quantitative estimate of drug-likeness (QED) is 0.612. The van der Waals surface area contributed by atoms with E-state index in [9.17, 15) is 15.2 Å². The predicted octanol–water partition coefficient (Wildman–Crippen LogP) is 2.67. The maximum atomic E-state index is 10.4. The van der Waals surface area contributed by atoms with E-state index in [4.69, 9.17) is 0 Å². The van der Waals surface area contributed by atoms with Crippen LogP contribution >= 0.6 is 0 Å². The van der Waals surface area contributed by atoms with E-state index in [0.29, 0.717) is 0 Å². The number of benzene rings is 1. The Morgan fingerprint density at radius 3 is 2.33 bits per heavy atom. The molecule has 0 unspecified atom stereocenters. The van der Waals surface area contributed by atoms with E-state index in [-0.39, 0.29) is 11.6 Å². The number of nitrogens with zero attached hydrogens (tertiary/aromatic N) is 1. The van der Waals surface area contributed by atoms with E-state index in [1.807, 2.05) is 13.8 Å². The molecule has 0 spiro atoms. The maximum absolute atomic E-state index is 10.4. The summed E-state index contributed by atoms with van der Waals surface area (Å²) in [6.07, 6.45) is 0.328. The summed E-state index contributed by atoms with van der Waals surface area (Å²) in [6.45, 7) is 3.95. The largest absolute Gasteiger partial charge is 0.388 e. The predicted molar refractivity (Wildman–Crippen MR) is 57.5 cm³/mol. The minimum absolute atomic E-state index is 0.0510. The van der Waals surface area contributed by atoms with Gasteiger partial charge in [-0.2, -0.15) is 0 Å². The molecule has 82 valence electrons. The van der Waals surface area contributed by atoms with Gasteiger partial charge < -0.3 is 5.11 Å². The Morgan fingerprint density at radius 1 is 1.40 bits per heavy atom. The van der Waals surface area contributed by atoms with Gasteiger partial charge in [0.25, 0.3) is 5.69 Å². The zero-order valence-electron chi connectivity index (χ0n) is 8.88. The normalized spacial score (nSPS) is 14.6. The highest BCUT2D eigenvalue weighted by atomic mass is 16.6. The van der Waals surface area contributed by atoms with Crippen molar-refractivity contribution in [3.8, 4) is 0 Å². The van der Waals surface area contributed by atoms with E-state index in [2.05, 4.69) is 0 Å². The molecule has 15 heavy (non-hydrogen) atoms. The molecule has 4 heteroatoms. The molecule has 0 fully saturated rings. The third-order valence-corrected chi connectivity index (χ3v) is 2.63. The second kappa shape index (κ2) is 4.89. The summed E-state index contributed by atoms with van der Waals surface area (Å²) >= 11 is 0. The fourth-order valence-electron chi connectivity index (χ4n) is 1.35. The van der Waals surface area contributed by atoms with Crippen molar-refractivity contribution in [2.45, 2.75) is 26.4 Å². The average Bonchev–Trinajstić information content (AvgIpc) is 2.27. The fraction of sp³-hybridized carbons (Fsp3) is 0.455. The van der Waals surface area contributed by atoms with Crippen LogP contribution in [0.5, 0.6) is 0 Å². The lowest BCUT2D eigenvalue weighted by molar-refractivity contribution is -0.384. The van der Waals surface area contributed by atoms with Gasteiger partial charge >= 0.3 is 0 Å². The summed E-state index contributed by atoms with van der Waals surface area (Å²) in [6, 6.07) is 6.05. The molecule has 0 aliphatic heterocycles. The molecule has 0 saturated carbocycles. The Hall–Kier alpha value is -1.42. The second-order valence-corrected chi connectivity index (χ2v) is 3.68. The zero-order chi connectivity index (χ0) is 11.4. The Morgan fingerprint density at radius 2 is 1.93 bits per heavy atom. The fourth-order valence-corrected chi connectivity index (χ4v) is 1.35. The van der Waals surface area contributed by atoms with Crippen LogP contribution in [0.3, 0.4) is 0 Å². The van der Waals surface area contributed by atoms with Crippen LogP contribution in [0.15, 0.2) is 24.3 Å². The molecule has 0 radical (unpaired) electrons. The van der Waals surface area contributed by atoms with E-state index in [1.165, 1.54) is 12.1 Å². The summed E-state index contributed by atoms with van der Waals surface area (Å²) in [5.74, 6) is 0.159. The highest BCUT2D eigenvalue weighted by molar-refractivity contribution is 5.33. The molecule has 0 aromatic heterocycles. The van der Waals surface area contributed by atoms with E-state index in [1.54, 1.807) is 12.1 Å². The van der Waals surface area contributed by atoms with Crippen molar-refractivity contribution in [2.75, 3.05) is 0 Å². The van der Waals surface area contributed by atoms with Gasteiger partial charge in [-0.25, -0.2) is 0 Å². The molecule has 2 atom stereocenters. The van der Waals surface area contributed by atoms with E-state index >= 15 is 0 Å². The maximum Gasteiger partial charge on any atom is 0.269 e. The summed E-state index contributed by atoms with van der Waals surface area (Å²) in [4.78, 5) is 9.97. The highest BCUT2D eigenvalue weighted by Gasteiger charge is 2.15. The number of aliphatic hydroxyl groups excluding tert-OH is 1. The van der Waals surface area contributed by atoms with Crippen LogP contribution in [-0.4, -0.2) is 10.0 Å². The van der Waals surface area contributed by atoms with Crippen molar-refractivity contribution < 1.29 is 10.0 Å². The van der Waals surface area contributed by atoms with Crippen molar-refractivity contribution in [3.05, 3.63) is 39.9 Å². The third-order valence-electron chi connectivity index (χ3n) is 2.63. The summed E-state index contributed by atoms with van der Waals surface area (Å²) in [7, 11) is 0. The van der Waals surface area contributed by atoms with Gasteiger partial charge in [-0.3, -0.25) is 10.1 Å². The van der Waals surface area contributed by atoms with Crippen LogP contribution in [0.25, 0.3) is 0 Å². The number of rotatable bonds is 4. The summed E-state index contributed by atoms with van der Waals surface area (Å²) < 4.78 is 0. The minimum Gasteiger partial charge on any atom is -0.388 e. The van der Waals surface area contributed by atoms with Gasteiger partial charge in [0.1, 0.15) is 0 Å². The van der Waals surface area contributed by atoms with Gasteiger partial charge in [-0.15, -0.1) is 0 Å². The summed E-state index contributed by atoms with van der Waals surface area (Å²) in [5, 5.41) is 20.3. The average molecular weight is 209 g/mol. The van der Waals surface area contributed by atoms with Crippen LogP contribution in [0.2, 0.25) is 0 Å². The molecule has 0 aliphatic carbocycles. The van der Waals surface area contributed by atoms with Crippen LogP contribution in [0.1, 0.15) is 31.9 Å². The second-order valence-electron chi connectivity index (χ2n) is 3.68. The van der Waals surface area contributed by atoms with Crippen molar-refractivity contribution in [1.82, 2.24) is 0 Å². The van der Waals surface area contributed by atoms with Gasteiger partial charge in [0, 0.05) is 12.1 Å². The molecule has 0 heterocycles. The Balaban J connectivity index is 2.84. The number of hydrogen-bond acceptors (Lipinski definition) is 3. The molecule has 0 saturated heterocycles. The zero-order valence-corrected chi connectivity index (χ0v) is 8.88. The number of non-ortho nitro benzene ring substituents is 1. The molecule has 1 aromatic carbocycles. The van der Waals surface area contributed by atoms with E-state index < -0.39 is 11.0 Å². The van der Waals surface area contributed by atoms with Gasteiger partial charge in [-0.05, 0) is 23.6 Å². The first kappa shape index (κ1) is 11.7. The van der Waals surface area contributed by atoms with Crippen molar-refractivity contribution >= 4 is 5.69 Å². The van der Waals surface area contributed by atoms with Crippen LogP contribution < -0.4 is 0 Å². The molecular weight excluding hydrogens is 194 g/mol. The lowest BCUT2D eigenvalue weighted by atomic mass is 9.95. The van der Waals surface area contributed by atoms with Gasteiger partial charge in [0.15, 0.2) is 0 Å². The lowest BCUT2D eigenvalue weighted by Gasteiger charge is -2.16. The third kappa shape index (κ3) is 2.76. The van der Waals surface area contributed by atoms with Gasteiger partial charge in [0.05, 0.1) is 11.0 Å². The molecule has 1 N–H and O–H groups in total. The van der Waals surface area contributed by atoms with Crippen molar-refractivity contribution in [1.29, 1.82) is 0 Å². The van der Waals surface area contributed by atoms with Gasteiger partial charge in [0.2, 0.25) is 0 Å². The Kier molecular flexibility index (Phi) is 3.80. The Labute approximate surface area is 88.7 Å². The Bertz CT molecular complexity index is 334. The standard InChI is InChI=1S/C11H15NO3/c1-3-8(2)11(13)9-4-6-10(7-5-9)12(14)15/h4-8,11,13H,3H2,1-2H3/t8-,11+/m1/s1. The highest BCUT2D eigenvalue weighted by Crippen LogP contribution is 2.25. The molecular formula is C11H15NO3.